The van der Waals surface area contributed by atoms with Gasteiger partial charge in [-0.2, -0.15) is 0 Å². The number of halogens is 1. The Morgan fingerprint density at radius 2 is 2.00 bits per heavy atom. The molecule has 1 fully saturated rings. The van der Waals surface area contributed by atoms with Gasteiger partial charge < -0.3 is 4.98 Å². The molecule has 4 heteroatoms. The molecule has 2 N–H and O–H groups in total. The Labute approximate surface area is 118 Å². The zero-order valence-electron chi connectivity index (χ0n) is 11.6. The number of aromatic amines is 1. The van der Waals surface area contributed by atoms with Crippen LogP contribution in [0.25, 0.3) is 10.9 Å². The molecule has 3 heterocycles. The molecule has 1 unspecified atom stereocenters. The first-order chi connectivity index (χ1) is 9.84. The van der Waals surface area contributed by atoms with Crippen LogP contribution in [0, 0.1) is 5.82 Å². The first-order valence-electron chi connectivity index (χ1n) is 7.61. The van der Waals surface area contributed by atoms with Gasteiger partial charge in [-0.1, -0.05) is 18.6 Å². The third-order valence-corrected chi connectivity index (χ3v) is 4.67. The molecule has 106 valence electrons. The van der Waals surface area contributed by atoms with Crippen LogP contribution in [0.2, 0.25) is 0 Å². The highest BCUT2D eigenvalue weighted by Gasteiger charge is 2.29. The van der Waals surface area contributed by atoms with Gasteiger partial charge in [0.1, 0.15) is 12.0 Å². The second-order valence-corrected chi connectivity index (χ2v) is 5.88. The molecule has 1 atom stereocenters. The van der Waals surface area contributed by atoms with Crippen LogP contribution in [0.3, 0.4) is 0 Å². The van der Waals surface area contributed by atoms with E-state index < -0.39 is 0 Å². The molecule has 1 saturated heterocycles. The van der Waals surface area contributed by atoms with Gasteiger partial charge in [0, 0.05) is 11.9 Å². The first-order valence-corrected chi connectivity index (χ1v) is 7.61. The third-order valence-electron chi connectivity index (χ3n) is 4.67. The largest absolute Gasteiger partial charge is 0.353 e. The lowest BCUT2D eigenvalue weighted by Gasteiger charge is -2.37. The lowest BCUT2D eigenvalue weighted by molar-refractivity contribution is 0.129. The van der Waals surface area contributed by atoms with E-state index in [1.807, 2.05) is 12.1 Å². The summed E-state index contributed by atoms with van der Waals surface area (Å²) in [4.78, 5) is 5.85. The van der Waals surface area contributed by atoms with Crippen molar-refractivity contribution in [2.45, 2.75) is 31.8 Å². The smallest absolute Gasteiger partial charge is 0.147 e. The van der Waals surface area contributed by atoms with E-state index in [-0.39, 0.29) is 12.0 Å². The van der Waals surface area contributed by atoms with E-state index >= 15 is 0 Å². The second kappa shape index (κ2) is 4.86. The molecular formula is C16H20FN3. The summed E-state index contributed by atoms with van der Waals surface area (Å²) >= 11 is 0. The fourth-order valence-electron chi connectivity index (χ4n) is 3.68. The normalized spacial score (nSPS) is 23.9. The number of aromatic nitrogens is 1. The Morgan fingerprint density at radius 3 is 2.85 bits per heavy atom. The number of H-pyrrole nitrogens is 1. The molecule has 3 nitrogen and oxygen atoms in total. The summed E-state index contributed by atoms with van der Waals surface area (Å²) in [5, 5.41) is 4.66. The van der Waals surface area contributed by atoms with Gasteiger partial charge in [-0.3, -0.25) is 10.2 Å². The van der Waals surface area contributed by atoms with Crippen LogP contribution in [-0.4, -0.2) is 29.5 Å². The number of nitrogens with one attached hydrogen (secondary N) is 2. The SMILES string of the molecule is Fc1cccc2c3c([nH]c12)C(N1CCCCC1)NCC3. The molecule has 0 amide bonds. The van der Waals surface area contributed by atoms with Crippen molar-refractivity contribution in [3.63, 3.8) is 0 Å². The molecule has 0 saturated carbocycles. The quantitative estimate of drug-likeness (QED) is 0.837. The van der Waals surface area contributed by atoms with E-state index in [2.05, 4.69) is 15.2 Å². The van der Waals surface area contributed by atoms with Gasteiger partial charge in [0.25, 0.3) is 0 Å². The maximum Gasteiger partial charge on any atom is 0.147 e. The van der Waals surface area contributed by atoms with E-state index in [0.29, 0.717) is 5.52 Å². The van der Waals surface area contributed by atoms with Crippen LogP contribution in [0.15, 0.2) is 18.2 Å². The summed E-state index contributed by atoms with van der Waals surface area (Å²) < 4.78 is 14.0. The van der Waals surface area contributed by atoms with Crippen molar-refractivity contribution in [3.05, 3.63) is 35.3 Å². The molecule has 0 radical (unpaired) electrons. The van der Waals surface area contributed by atoms with Crippen LogP contribution in [0.4, 0.5) is 4.39 Å². The van der Waals surface area contributed by atoms with Crippen LogP contribution in [0.5, 0.6) is 0 Å². The Balaban J connectivity index is 1.80. The molecule has 0 spiro atoms. The average molecular weight is 273 g/mol. The molecule has 0 aliphatic carbocycles. The molecule has 2 aliphatic heterocycles. The van der Waals surface area contributed by atoms with Crippen LogP contribution in [-0.2, 0) is 6.42 Å². The van der Waals surface area contributed by atoms with E-state index in [4.69, 9.17) is 0 Å². The molecule has 1 aromatic carbocycles. The van der Waals surface area contributed by atoms with Gasteiger partial charge in [-0.25, -0.2) is 4.39 Å². The maximum atomic E-state index is 14.0. The van der Waals surface area contributed by atoms with E-state index in [1.54, 1.807) is 0 Å². The van der Waals surface area contributed by atoms with Gasteiger partial charge in [0.2, 0.25) is 0 Å². The van der Waals surface area contributed by atoms with Crippen molar-refractivity contribution in [2.24, 2.45) is 0 Å². The number of hydrogen-bond acceptors (Lipinski definition) is 2. The molecule has 0 bridgehead atoms. The molecule has 2 aromatic rings. The minimum atomic E-state index is -0.144. The highest BCUT2D eigenvalue weighted by Crippen LogP contribution is 2.33. The first kappa shape index (κ1) is 12.4. The Hall–Kier alpha value is -1.39. The van der Waals surface area contributed by atoms with Gasteiger partial charge in [0.15, 0.2) is 0 Å². The Morgan fingerprint density at radius 1 is 1.15 bits per heavy atom. The number of piperidine rings is 1. The number of para-hydroxylation sites is 1. The predicted octanol–water partition coefficient (Wildman–Crippen LogP) is 2.94. The number of rotatable bonds is 1. The summed E-state index contributed by atoms with van der Waals surface area (Å²) in [6.07, 6.45) is 5.07. The molecular weight excluding hydrogens is 253 g/mol. The summed E-state index contributed by atoms with van der Waals surface area (Å²) in [6.45, 7) is 3.24. The predicted molar refractivity (Wildman–Crippen MR) is 78.1 cm³/mol. The Kier molecular flexibility index (Phi) is 3.00. The zero-order valence-corrected chi connectivity index (χ0v) is 11.6. The summed E-state index contributed by atoms with van der Waals surface area (Å²) in [7, 11) is 0. The topological polar surface area (TPSA) is 31.1 Å². The van der Waals surface area contributed by atoms with Crippen molar-refractivity contribution >= 4 is 10.9 Å². The van der Waals surface area contributed by atoms with Crippen molar-refractivity contribution in [2.75, 3.05) is 19.6 Å². The Bertz CT molecular complexity index is 628. The van der Waals surface area contributed by atoms with E-state index in [0.717, 1.165) is 31.4 Å². The number of likely N-dealkylation sites (tertiary alicyclic amines) is 1. The van der Waals surface area contributed by atoms with Crippen LogP contribution < -0.4 is 5.32 Å². The number of hydrogen-bond donors (Lipinski definition) is 2. The van der Waals surface area contributed by atoms with Crippen molar-refractivity contribution in [3.8, 4) is 0 Å². The minimum absolute atomic E-state index is 0.144. The fourth-order valence-corrected chi connectivity index (χ4v) is 3.68. The van der Waals surface area contributed by atoms with E-state index in [9.17, 15) is 4.39 Å². The number of fused-ring (bicyclic) bond motifs is 3. The highest BCUT2D eigenvalue weighted by atomic mass is 19.1. The second-order valence-electron chi connectivity index (χ2n) is 5.88. The molecule has 1 aromatic heterocycles. The van der Waals surface area contributed by atoms with Crippen molar-refractivity contribution < 1.29 is 4.39 Å². The summed E-state index contributed by atoms with van der Waals surface area (Å²) in [5.74, 6) is -0.144. The van der Waals surface area contributed by atoms with Crippen LogP contribution in [0.1, 0.15) is 36.7 Å². The fraction of sp³-hybridized carbons (Fsp3) is 0.500. The van der Waals surface area contributed by atoms with Crippen molar-refractivity contribution in [1.82, 2.24) is 15.2 Å². The lowest BCUT2D eigenvalue weighted by atomic mass is 10.0. The molecule has 2 aliphatic rings. The van der Waals surface area contributed by atoms with Gasteiger partial charge in [-0.05, 0) is 44.0 Å². The zero-order chi connectivity index (χ0) is 13.5. The lowest BCUT2D eigenvalue weighted by Crippen LogP contribution is -2.44. The average Bonchev–Trinajstić information content (AvgIpc) is 2.88. The van der Waals surface area contributed by atoms with Gasteiger partial charge >= 0.3 is 0 Å². The highest BCUT2D eigenvalue weighted by molar-refractivity contribution is 5.85. The summed E-state index contributed by atoms with van der Waals surface area (Å²) in [5.41, 5.74) is 3.15. The van der Waals surface area contributed by atoms with Gasteiger partial charge in [-0.15, -0.1) is 0 Å². The summed E-state index contributed by atoms with van der Waals surface area (Å²) in [6, 6.07) is 5.38. The van der Waals surface area contributed by atoms with Gasteiger partial charge in [0.05, 0.1) is 11.2 Å². The minimum Gasteiger partial charge on any atom is -0.353 e. The van der Waals surface area contributed by atoms with E-state index in [1.165, 1.54) is 36.6 Å². The number of benzene rings is 1. The van der Waals surface area contributed by atoms with Crippen molar-refractivity contribution in [1.29, 1.82) is 0 Å². The maximum absolute atomic E-state index is 14.0. The molecule has 20 heavy (non-hydrogen) atoms. The molecule has 4 rings (SSSR count). The standard InChI is InChI=1S/C16H20FN3/c17-13-6-4-5-11-12-7-8-18-16(15(12)19-14(11)13)20-9-2-1-3-10-20/h4-6,16,18-19H,1-3,7-10H2. The number of nitrogens with zero attached hydrogens (tertiary/aromatic N) is 1. The van der Waals surface area contributed by atoms with Crippen LogP contribution >= 0.6 is 0 Å². The third kappa shape index (κ3) is 1.86. The monoisotopic (exact) mass is 273 g/mol.